The first-order valence-corrected chi connectivity index (χ1v) is 6.25. The lowest BCUT2D eigenvalue weighted by Crippen LogP contribution is -2.02. The first-order chi connectivity index (χ1) is 8.86. The highest BCUT2D eigenvalue weighted by Gasteiger charge is 2.07. The summed E-state index contributed by atoms with van der Waals surface area (Å²) in [5, 5.41) is 10.9. The van der Waals surface area contributed by atoms with Crippen molar-refractivity contribution in [1.82, 2.24) is 0 Å². The maximum Gasteiger partial charge on any atom is 0.127 e. The van der Waals surface area contributed by atoms with Crippen molar-refractivity contribution in [2.24, 2.45) is 0 Å². The van der Waals surface area contributed by atoms with Crippen molar-refractivity contribution in [2.45, 2.75) is 13.3 Å². The van der Waals surface area contributed by atoms with Crippen molar-refractivity contribution >= 4 is 10.8 Å². The van der Waals surface area contributed by atoms with E-state index < -0.39 is 0 Å². The molecule has 0 bridgehead atoms. The number of aliphatic hydroxyl groups is 1. The van der Waals surface area contributed by atoms with Crippen molar-refractivity contribution in [2.75, 3.05) is 19.8 Å². The minimum absolute atomic E-state index is 0.0163. The van der Waals surface area contributed by atoms with Gasteiger partial charge in [-0.25, -0.2) is 0 Å². The van der Waals surface area contributed by atoms with E-state index in [4.69, 9.17) is 14.6 Å². The summed E-state index contributed by atoms with van der Waals surface area (Å²) in [4.78, 5) is 0. The van der Waals surface area contributed by atoms with Gasteiger partial charge in [-0.3, -0.25) is 0 Å². The predicted molar refractivity (Wildman–Crippen MR) is 72.3 cm³/mol. The molecule has 0 saturated carbocycles. The van der Waals surface area contributed by atoms with Crippen LogP contribution < -0.4 is 9.47 Å². The minimum Gasteiger partial charge on any atom is -0.493 e. The van der Waals surface area contributed by atoms with Crippen LogP contribution >= 0.6 is 0 Å². The van der Waals surface area contributed by atoms with E-state index in [0.717, 1.165) is 28.7 Å². The molecule has 0 atom stereocenters. The van der Waals surface area contributed by atoms with Crippen LogP contribution in [0.25, 0.3) is 10.8 Å². The standard InChI is InChI=1S/C15H18O3/c1-2-10-17-14-7-8-15(18-11-9-16)13-6-4-3-5-12(13)14/h3-8,16H,2,9-11H2,1H3. The van der Waals surface area contributed by atoms with Gasteiger partial charge in [0.2, 0.25) is 0 Å². The van der Waals surface area contributed by atoms with Gasteiger partial charge in [-0.1, -0.05) is 31.2 Å². The van der Waals surface area contributed by atoms with Crippen LogP contribution in [0.3, 0.4) is 0 Å². The molecule has 2 aromatic rings. The summed E-state index contributed by atoms with van der Waals surface area (Å²) >= 11 is 0. The van der Waals surface area contributed by atoms with Crippen molar-refractivity contribution in [3.8, 4) is 11.5 Å². The van der Waals surface area contributed by atoms with Crippen LogP contribution in [0.1, 0.15) is 13.3 Å². The molecule has 0 aliphatic carbocycles. The minimum atomic E-state index is 0.0163. The molecule has 2 rings (SSSR count). The molecule has 1 N–H and O–H groups in total. The molecule has 0 amide bonds. The first kappa shape index (κ1) is 12.7. The highest BCUT2D eigenvalue weighted by molar-refractivity contribution is 5.93. The highest BCUT2D eigenvalue weighted by Crippen LogP contribution is 2.33. The molecule has 0 fully saturated rings. The highest BCUT2D eigenvalue weighted by atomic mass is 16.5. The van der Waals surface area contributed by atoms with Gasteiger partial charge < -0.3 is 14.6 Å². The van der Waals surface area contributed by atoms with Gasteiger partial charge in [-0.2, -0.15) is 0 Å². The fraction of sp³-hybridized carbons (Fsp3) is 0.333. The number of benzene rings is 2. The summed E-state index contributed by atoms with van der Waals surface area (Å²) in [5.41, 5.74) is 0. The third-order valence-corrected chi connectivity index (χ3v) is 2.65. The molecular weight excluding hydrogens is 228 g/mol. The summed E-state index contributed by atoms with van der Waals surface area (Å²) < 4.78 is 11.2. The Balaban J connectivity index is 2.38. The van der Waals surface area contributed by atoms with Crippen LogP contribution in [-0.2, 0) is 0 Å². The molecule has 0 aliphatic heterocycles. The summed E-state index contributed by atoms with van der Waals surface area (Å²) in [7, 11) is 0. The lowest BCUT2D eigenvalue weighted by atomic mass is 10.1. The van der Waals surface area contributed by atoms with E-state index in [2.05, 4.69) is 6.92 Å². The lowest BCUT2D eigenvalue weighted by Gasteiger charge is -2.12. The molecule has 0 radical (unpaired) electrons. The molecule has 0 spiro atoms. The Morgan fingerprint density at radius 2 is 1.44 bits per heavy atom. The molecule has 3 heteroatoms. The van der Waals surface area contributed by atoms with Gasteiger partial charge in [-0.15, -0.1) is 0 Å². The van der Waals surface area contributed by atoms with Crippen molar-refractivity contribution in [3.05, 3.63) is 36.4 Å². The molecule has 0 heterocycles. The average molecular weight is 246 g/mol. The van der Waals surface area contributed by atoms with Crippen LogP contribution in [0.4, 0.5) is 0 Å². The molecule has 18 heavy (non-hydrogen) atoms. The normalized spacial score (nSPS) is 10.6. The fourth-order valence-electron chi connectivity index (χ4n) is 1.86. The average Bonchev–Trinajstić information content (AvgIpc) is 2.43. The van der Waals surface area contributed by atoms with Gasteiger partial charge in [0.1, 0.15) is 18.1 Å². The number of fused-ring (bicyclic) bond motifs is 1. The van der Waals surface area contributed by atoms with E-state index in [0.29, 0.717) is 13.2 Å². The number of ether oxygens (including phenoxy) is 2. The summed E-state index contributed by atoms with van der Waals surface area (Å²) in [6.45, 7) is 3.11. The molecule has 3 nitrogen and oxygen atoms in total. The van der Waals surface area contributed by atoms with E-state index in [-0.39, 0.29) is 6.61 Å². The van der Waals surface area contributed by atoms with E-state index in [1.807, 2.05) is 36.4 Å². The molecule has 0 aliphatic rings. The predicted octanol–water partition coefficient (Wildman–Crippen LogP) is 3.00. The van der Waals surface area contributed by atoms with E-state index in [9.17, 15) is 0 Å². The fourth-order valence-corrected chi connectivity index (χ4v) is 1.86. The van der Waals surface area contributed by atoms with Crippen LogP contribution in [0.15, 0.2) is 36.4 Å². The number of hydrogen-bond acceptors (Lipinski definition) is 3. The molecule has 96 valence electrons. The number of aliphatic hydroxyl groups excluding tert-OH is 1. The van der Waals surface area contributed by atoms with Gasteiger partial charge in [0.15, 0.2) is 0 Å². The zero-order valence-electron chi connectivity index (χ0n) is 10.6. The van der Waals surface area contributed by atoms with Crippen LogP contribution in [0, 0.1) is 0 Å². The van der Waals surface area contributed by atoms with Crippen molar-refractivity contribution in [3.63, 3.8) is 0 Å². The Hall–Kier alpha value is -1.74. The largest absolute Gasteiger partial charge is 0.493 e. The van der Waals surface area contributed by atoms with Crippen molar-refractivity contribution in [1.29, 1.82) is 0 Å². The van der Waals surface area contributed by atoms with E-state index in [1.54, 1.807) is 0 Å². The van der Waals surface area contributed by atoms with Gasteiger partial charge in [-0.05, 0) is 18.6 Å². The topological polar surface area (TPSA) is 38.7 Å². The van der Waals surface area contributed by atoms with Gasteiger partial charge in [0.25, 0.3) is 0 Å². The molecule has 0 aromatic heterocycles. The summed E-state index contributed by atoms with van der Waals surface area (Å²) in [6, 6.07) is 11.8. The van der Waals surface area contributed by atoms with Gasteiger partial charge in [0, 0.05) is 10.8 Å². The summed E-state index contributed by atoms with van der Waals surface area (Å²) in [5.74, 6) is 1.66. The quantitative estimate of drug-likeness (QED) is 0.851. The number of rotatable bonds is 6. The monoisotopic (exact) mass is 246 g/mol. The van der Waals surface area contributed by atoms with Crippen LogP contribution in [0.5, 0.6) is 11.5 Å². The van der Waals surface area contributed by atoms with Gasteiger partial charge >= 0.3 is 0 Å². The number of hydrogen-bond donors (Lipinski definition) is 1. The molecule has 2 aromatic carbocycles. The zero-order chi connectivity index (χ0) is 12.8. The molecule has 0 saturated heterocycles. The lowest BCUT2D eigenvalue weighted by molar-refractivity contribution is 0.202. The Labute approximate surface area is 107 Å². The van der Waals surface area contributed by atoms with E-state index >= 15 is 0 Å². The van der Waals surface area contributed by atoms with Gasteiger partial charge in [0.05, 0.1) is 13.2 Å². The third kappa shape index (κ3) is 2.74. The second-order valence-corrected chi connectivity index (χ2v) is 4.03. The third-order valence-electron chi connectivity index (χ3n) is 2.65. The van der Waals surface area contributed by atoms with E-state index in [1.165, 1.54) is 0 Å². The molecular formula is C15H18O3. The molecule has 0 unspecified atom stereocenters. The van der Waals surface area contributed by atoms with Crippen LogP contribution in [0.2, 0.25) is 0 Å². The first-order valence-electron chi connectivity index (χ1n) is 6.25. The Morgan fingerprint density at radius 3 is 1.94 bits per heavy atom. The maximum absolute atomic E-state index is 8.82. The van der Waals surface area contributed by atoms with Crippen LogP contribution in [-0.4, -0.2) is 24.9 Å². The van der Waals surface area contributed by atoms with Crippen molar-refractivity contribution < 1.29 is 14.6 Å². The Morgan fingerprint density at radius 1 is 0.889 bits per heavy atom. The second-order valence-electron chi connectivity index (χ2n) is 4.03. The Bertz CT molecular complexity index is 462. The Kier molecular flexibility index (Phi) is 4.42. The SMILES string of the molecule is CCCOc1ccc(OCCO)c2ccccc12. The maximum atomic E-state index is 8.82. The smallest absolute Gasteiger partial charge is 0.127 e. The summed E-state index contributed by atoms with van der Waals surface area (Å²) in [6.07, 6.45) is 0.983. The zero-order valence-corrected chi connectivity index (χ0v) is 10.6. The second kappa shape index (κ2) is 6.26.